The third kappa shape index (κ3) is 2.80. The van der Waals surface area contributed by atoms with Crippen molar-refractivity contribution in [3.8, 4) is 17.3 Å². The van der Waals surface area contributed by atoms with Crippen LogP contribution in [-0.2, 0) is 12.3 Å². The molecule has 0 amide bonds. The van der Waals surface area contributed by atoms with Gasteiger partial charge in [0.1, 0.15) is 5.69 Å². The van der Waals surface area contributed by atoms with Crippen LogP contribution in [0.4, 0.5) is 14.7 Å². The van der Waals surface area contributed by atoms with Crippen molar-refractivity contribution < 1.29 is 8.78 Å². The molecule has 4 rings (SSSR count). The number of benzene rings is 1. The van der Waals surface area contributed by atoms with Gasteiger partial charge in [0.15, 0.2) is 0 Å². The second-order valence-electron chi connectivity index (χ2n) is 6.84. The minimum Gasteiger partial charge on any atom is -0.341 e. The minimum atomic E-state index is -2.90. The van der Waals surface area contributed by atoms with Crippen molar-refractivity contribution in [3.63, 3.8) is 0 Å². The van der Waals surface area contributed by atoms with E-state index in [1.807, 2.05) is 29.2 Å². The number of nitriles is 1. The Balaban J connectivity index is 1.76. The first-order chi connectivity index (χ1) is 12.5. The summed E-state index contributed by atoms with van der Waals surface area (Å²) >= 11 is 0. The zero-order valence-electron chi connectivity index (χ0n) is 14.3. The van der Waals surface area contributed by atoms with Gasteiger partial charge in [0.2, 0.25) is 5.95 Å². The van der Waals surface area contributed by atoms with Crippen molar-refractivity contribution in [1.29, 1.82) is 5.26 Å². The highest BCUT2D eigenvalue weighted by Crippen LogP contribution is 2.44. The third-order valence-electron chi connectivity index (χ3n) is 5.09. The van der Waals surface area contributed by atoms with Crippen molar-refractivity contribution in [2.75, 3.05) is 18.0 Å². The van der Waals surface area contributed by atoms with Crippen LogP contribution in [0.15, 0.2) is 24.3 Å². The maximum atomic E-state index is 14.3. The molecular weight excluding hydrogens is 336 g/mol. The van der Waals surface area contributed by atoms with Crippen LogP contribution in [0.1, 0.15) is 42.1 Å². The fraction of sp³-hybridized carbons (Fsp3) is 0.421. The van der Waals surface area contributed by atoms with Gasteiger partial charge in [-0.15, -0.1) is 0 Å². The molecule has 1 saturated heterocycles. The average molecular weight is 355 g/mol. The Morgan fingerprint density at radius 3 is 2.58 bits per heavy atom. The second-order valence-corrected chi connectivity index (χ2v) is 6.84. The number of anilines is 1. The van der Waals surface area contributed by atoms with E-state index in [0.717, 1.165) is 30.6 Å². The van der Waals surface area contributed by atoms with Crippen LogP contribution in [0.3, 0.4) is 0 Å². The van der Waals surface area contributed by atoms with E-state index in [1.54, 1.807) is 0 Å². The summed E-state index contributed by atoms with van der Waals surface area (Å²) in [6, 6.07) is 9.05. The van der Waals surface area contributed by atoms with Gasteiger partial charge in [-0.2, -0.15) is 14.0 Å². The Bertz CT molecular complexity index is 869. The lowest BCUT2D eigenvalue weighted by molar-refractivity contribution is -0.00593. The molecule has 0 saturated carbocycles. The fourth-order valence-corrected chi connectivity index (χ4v) is 3.41. The molecule has 1 aromatic heterocycles. The molecule has 0 radical (unpaired) electrons. The highest BCUT2D eigenvalue weighted by molar-refractivity contribution is 5.67. The van der Waals surface area contributed by atoms with E-state index in [2.05, 4.69) is 16.0 Å². The van der Waals surface area contributed by atoms with Gasteiger partial charge in [-0.25, -0.2) is 9.97 Å². The highest BCUT2D eigenvalue weighted by atomic mass is 19.3. The summed E-state index contributed by atoms with van der Waals surface area (Å²) < 4.78 is 28.6. The Kier molecular flexibility index (Phi) is 4.08. The summed E-state index contributed by atoms with van der Waals surface area (Å²) in [5, 5.41) is 8.77. The van der Waals surface area contributed by atoms with E-state index in [1.165, 1.54) is 0 Å². The van der Waals surface area contributed by atoms with Gasteiger partial charge >= 0.3 is 0 Å². The molecule has 1 aliphatic carbocycles. The van der Waals surface area contributed by atoms with Crippen LogP contribution in [0, 0.1) is 11.3 Å². The molecule has 7 heteroatoms. The third-order valence-corrected chi connectivity index (χ3v) is 5.09. The number of nitrogens with two attached hydrogens (primary N) is 1. The van der Waals surface area contributed by atoms with Gasteiger partial charge in [0.25, 0.3) is 5.92 Å². The average Bonchev–Trinajstić information content (AvgIpc) is 2.88. The fourth-order valence-electron chi connectivity index (χ4n) is 3.41. The van der Waals surface area contributed by atoms with Gasteiger partial charge < -0.3 is 10.6 Å². The number of fused-ring (bicyclic) bond motifs is 1. The van der Waals surface area contributed by atoms with E-state index in [4.69, 9.17) is 11.0 Å². The van der Waals surface area contributed by atoms with Crippen molar-refractivity contribution >= 4 is 5.95 Å². The summed E-state index contributed by atoms with van der Waals surface area (Å²) in [6.07, 6.45) is 1.30. The molecule has 2 heterocycles. The standard InChI is InChI=1S/C19H19F2N5/c20-19(21)8-6-14-16(24-18(25-17(14)19)26-10-1-11-26)13-4-2-12(3-5-13)15(23)7-9-22/h2-5,15H,1,6-8,10-11,23H2. The van der Waals surface area contributed by atoms with Crippen LogP contribution >= 0.6 is 0 Å². The molecular formula is C19H19F2N5. The van der Waals surface area contributed by atoms with Gasteiger partial charge in [0, 0.05) is 36.7 Å². The maximum Gasteiger partial charge on any atom is 0.290 e. The monoisotopic (exact) mass is 355 g/mol. The Hall–Kier alpha value is -2.59. The minimum absolute atomic E-state index is 0.130. The van der Waals surface area contributed by atoms with Gasteiger partial charge in [-0.3, -0.25) is 0 Å². The van der Waals surface area contributed by atoms with Crippen LogP contribution in [0.2, 0.25) is 0 Å². The highest BCUT2D eigenvalue weighted by Gasteiger charge is 2.43. The molecule has 0 bridgehead atoms. The Morgan fingerprint density at radius 1 is 1.23 bits per heavy atom. The summed E-state index contributed by atoms with van der Waals surface area (Å²) in [5.74, 6) is -2.52. The molecule has 1 fully saturated rings. The number of hydrogen-bond donors (Lipinski definition) is 1. The van der Waals surface area contributed by atoms with Crippen LogP contribution < -0.4 is 10.6 Å². The van der Waals surface area contributed by atoms with Crippen molar-refractivity contribution in [1.82, 2.24) is 9.97 Å². The van der Waals surface area contributed by atoms with Gasteiger partial charge in [-0.1, -0.05) is 24.3 Å². The van der Waals surface area contributed by atoms with E-state index in [9.17, 15) is 8.78 Å². The number of rotatable bonds is 4. The van der Waals surface area contributed by atoms with Gasteiger partial charge in [-0.05, 0) is 18.4 Å². The van der Waals surface area contributed by atoms with Crippen molar-refractivity contribution in [2.45, 2.75) is 37.6 Å². The smallest absolute Gasteiger partial charge is 0.290 e. The lowest BCUT2D eigenvalue weighted by atomic mass is 10.00. The molecule has 1 aliphatic heterocycles. The van der Waals surface area contributed by atoms with E-state index in [-0.39, 0.29) is 31.0 Å². The summed E-state index contributed by atoms with van der Waals surface area (Å²) in [4.78, 5) is 10.7. The molecule has 1 aromatic carbocycles. The van der Waals surface area contributed by atoms with Gasteiger partial charge in [0.05, 0.1) is 18.2 Å². The normalized spacial score (nSPS) is 18.8. The lowest BCUT2D eigenvalue weighted by Crippen LogP contribution is -2.38. The predicted octanol–water partition coefficient (Wildman–Crippen LogP) is 3.31. The number of nitrogens with zero attached hydrogens (tertiary/aromatic N) is 4. The molecule has 2 aliphatic rings. The molecule has 2 aromatic rings. The van der Waals surface area contributed by atoms with Crippen LogP contribution in [0.25, 0.3) is 11.3 Å². The summed E-state index contributed by atoms with van der Waals surface area (Å²) in [5.41, 5.74) is 8.56. The molecule has 1 unspecified atom stereocenters. The largest absolute Gasteiger partial charge is 0.341 e. The molecule has 134 valence electrons. The first-order valence-electron chi connectivity index (χ1n) is 8.76. The van der Waals surface area contributed by atoms with E-state index in [0.29, 0.717) is 17.2 Å². The van der Waals surface area contributed by atoms with Crippen LogP contribution in [0.5, 0.6) is 0 Å². The predicted molar refractivity (Wildman–Crippen MR) is 93.7 cm³/mol. The zero-order valence-corrected chi connectivity index (χ0v) is 14.3. The van der Waals surface area contributed by atoms with Crippen molar-refractivity contribution in [3.05, 3.63) is 41.1 Å². The molecule has 0 spiro atoms. The maximum absolute atomic E-state index is 14.3. The summed E-state index contributed by atoms with van der Waals surface area (Å²) in [6.45, 7) is 1.59. The molecule has 2 N–H and O–H groups in total. The SMILES string of the molecule is N#CCC(N)c1ccc(-c2nc(N3CCC3)nc3c2CCC3(F)F)cc1. The number of hydrogen-bond acceptors (Lipinski definition) is 5. The zero-order chi connectivity index (χ0) is 18.3. The Labute approximate surface area is 150 Å². The van der Waals surface area contributed by atoms with Crippen LogP contribution in [-0.4, -0.2) is 23.1 Å². The topological polar surface area (TPSA) is 78.8 Å². The lowest BCUT2D eigenvalue weighted by Gasteiger charge is -2.31. The number of halogens is 2. The quantitative estimate of drug-likeness (QED) is 0.910. The van der Waals surface area contributed by atoms with Crippen molar-refractivity contribution in [2.24, 2.45) is 5.73 Å². The first-order valence-corrected chi connectivity index (χ1v) is 8.76. The first kappa shape index (κ1) is 16.9. The molecule has 1 atom stereocenters. The molecule has 5 nitrogen and oxygen atoms in total. The second kappa shape index (κ2) is 6.29. The Morgan fingerprint density at radius 2 is 1.96 bits per heavy atom. The molecule has 26 heavy (non-hydrogen) atoms. The number of alkyl halides is 2. The number of aromatic nitrogens is 2. The van der Waals surface area contributed by atoms with E-state index >= 15 is 0 Å². The summed E-state index contributed by atoms with van der Waals surface area (Å²) in [7, 11) is 0. The van der Waals surface area contributed by atoms with E-state index < -0.39 is 5.92 Å².